The molecule has 0 saturated carbocycles. The van der Waals surface area contributed by atoms with E-state index in [0.29, 0.717) is 0 Å². The average molecular weight is 237 g/mol. The molecule has 1 aromatic carbocycles. The fourth-order valence-electron chi connectivity index (χ4n) is 0.850. The van der Waals surface area contributed by atoms with E-state index in [2.05, 4.69) is 18.1 Å². The van der Waals surface area contributed by atoms with E-state index in [9.17, 15) is 13.6 Å². The molecule has 1 nitrogen and oxygen atoms in total. The molecule has 76 valence electrons. The highest BCUT2D eigenvalue weighted by atomic mass is 35.5. The van der Waals surface area contributed by atoms with Crippen LogP contribution in [0.5, 0.6) is 0 Å². The first-order valence-corrected chi connectivity index (χ1v) is 4.43. The number of benzene rings is 1. The van der Waals surface area contributed by atoms with Crippen LogP contribution in [0.25, 0.3) is 0 Å². The SMILES string of the molecule is C=S.CC(=O)c1c(F)ccc(Cl)c1F. The monoisotopic (exact) mass is 236 g/mol. The van der Waals surface area contributed by atoms with Gasteiger partial charge in [-0.1, -0.05) is 23.8 Å². The van der Waals surface area contributed by atoms with Gasteiger partial charge in [-0.15, -0.1) is 0 Å². The van der Waals surface area contributed by atoms with Crippen LogP contribution < -0.4 is 0 Å². The number of thiocarbonyl (C=S) groups is 1. The van der Waals surface area contributed by atoms with E-state index in [1.807, 2.05) is 0 Å². The largest absolute Gasteiger partial charge is 0.294 e. The second-order valence-corrected chi connectivity index (χ2v) is 2.68. The van der Waals surface area contributed by atoms with Crippen LogP contribution in [0.2, 0.25) is 5.02 Å². The summed E-state index contributed by atoms with van der Waals surface area (Å²) in [5, 5.41) is -0.249. The number of carbonyl (C=O) groups excluding carboxylic acids is 1. The zero-order valence-electron chi connectivity index (χ0n) is 7.31. The smallest absolute Gasteiger partial charge is 0.165 e. The summed E-state index contributed by atoms with van der Waals surface area (Å²) in [6.45, 7) is 1.08. The van der Waals surface area contributed by atoms with E-state index >= 15 is 0 Å². The van der Waals surface area contributed by atoms with Crippen LogP contribution in [0.4, 0.5) is 8.78 Å². The second-order valence-electron chi connectivity index (χ2n) is 2.27. The van der Waals surface area contributed by atoms with Crippen molar-refractivity contribution < 1.29 is 13.6 Å². The van der Waals surface area contributed by atoms with E-state index in [1.165, 1.54) is 0 Å². The van der Waals surface area contributed by atoms with Crippen molar-refractivity contribution in [3.8, 4) is 0 Å². The highest BCUT2D eigenvalue weighted by Crippen LogP contribution is 2.21. The Kier molecular flexibility index (Phi) is 5.42. The lowest BCUT2D eigenvalue weighted by Gasteiger charge is -2.00. The van der Waals surface area contributed by atoms with Gasteiger partial charge in [0, 0.05) is 0 Å². The standard InChI is InChI=1S/C8H5ClF2O.CH2S/c1-4(12)7-6(10)3-2-5(9)8(7)11;1-2/h2-3H,1H3;1H2. The molecule has 0 aliphatic carbocycles. The van der Waals surface area contributed by atoms with Crippen molar-refractivity contribution in [2.45, 2.75) is 6.92 Å². The molecule has 0 N–H and O–H groups in total. The minimum atomic E-state index is -0.996. The number of Topliss-reactive ketones (excluding diaryl/α,β-unsaturated/α-hetero) is 1. The highest BCUT2D eigenvalue weighted by Gasteiger charge is 2.15. The first-order chi connectivity index (χ1) is 6.54. The summed E-state index contributed by atoms with van der Waals surface area (Å²) in [4.78, 5) is 10.7. The summed E-state index contributed by atoms with van der Waals surface area (Å²) in [5.74, 6) is 0.279. The molecule has 1 aromatic rings. The number of halogens is 3. The third kappa shape index (κ3) is 2.82. The van der Waals surface area contributed by atoms with Crippen LogP contribution in [0.1, 0.15) is 17.3 Å². The maximum Gasteiger partial charge on any atom is 0.165 e. The lowest BCUT2D eigenvalue weighted by atomic mass is 10.1. The topological polar surface area (TPSA) is 17.1 Å². The lowest BCUT2D eigenvalue weighted by molar-refractivity contribution is 0.101. The zero-order chi connectivity index (χ0) is 11.3. The van der Waals surface area contributed by atoms with E-state index < -0.39 is 23.0 Å². The molecule has 0 spiro atoms. The van der Waals surface area contributed by atoms with Crippen LogP contribution in [-0.2, 0) is 0 Å². The molecule has 1 rings (SSSR count). The number of ketones is 1. The van der Waals surface area contributed by atoms with Crippen LogP contribution in [0, 0.1) is 11.6 Å². The molecular weight excluding hydrogens is 230 g/mol. The first-order valence-electron chi connectivity index (χ1n) is 3.47. The Labute approximate surface area is 90.7 Å². The lowest BCUT2D eigenvalue weighted by Crippen LogP contribution is -2.01. The normalized spacial score (nSPS) is 8.86. The quantitative estimate of drug-likeness (QED) is 0.422. The van der Waals surface area contributed by atoms with Gasteiger partial charge >= 0.3 is 0 Å². The summed E-state index contributed by atoms with van der Waals surface area (Å²) in [5.41, 5.74) is -0.581. The Morgan fingerprint density at radius 2 is 1.93 bits per heavy atom. The third-order valence-corrected chi connectivity index (χ3v) is 1.69. The van der Waals surface area contributed by atoms with Crippen LogP contribution >= 0.6 is 23.8 Å². The minimum Gasteiger partial charge on any atom is -0.294 e. The molecule has 0 unspecified atom stereocenters. The minimum absolute atomic E-state index is 0.249. The summed E-state index contributed by atoms with van der Waals surface area (Å²) in [6.07, 6.45) is 0. The average Bonchev–Trinajstić information content (AvgIpc) is 2.15. The molecule has 14 heavy (non-hydrogen) atoms. The van der Waals surface area contributed by atoms with Gasteiger partial charge in [0.1, 0.15) is 5.82 Å². The molecular formula is C9H7ClF2OS. The Bertz CT molecular complexity index is 355. The Hall–Kier alpha value is -0.870. The predicted octanol–water partition coefficient (Wildman–Crippen LogP) is 3.44. The molecule has 5 heteroatoms. The Morgan fingerprint density at radius 1 is 1.43 bits per heavy atom. The molecule has 0 aliphatic heterocycles. The number of rotatable bonds is 1. The van der Waals surface area contributed by atoms with Gasteiger partial charge in [-0.3, -0.25) is 4.79 Å². The molecule has 0 bridgehead atoms. The Morgan fingerprint density at radius 3 is 2.29 bits per heavy atom. The maximum absolute atomic E-state index is 12.9. The van der Waals surface area contributed by atoms with E-state index in [0.717, 1.165) is 19.1 Å². The summed E-state index contributed by atoms with van der Waals surface area (Å²) < 4.78 is 25.7. The van der Waals surface area contributed by atoms with Crippen LogP contribution in [0.3, 0.4) is 0 Å². The van der Waals surface area contributed by atoms with Crippen molar-refractivity contribution >= 4 is 35.5 Å². The number of hydrogen-bond acceptors (Lipinski definition) is 2. The van der Waals surface area contributed by atoms with Crippen molar-refractivity contribution in [3.63, 3.8) is 0 Å². The first kappa shape index (κ1) is 13.1. The predicted molar refractivity (Wildman–Crippen MR) is 56.1 cm³/mol. The van der Waals surface area contributed by atoms with E-state index in [-0.39, 0.29) is 5.02 Å². The van der Waals surface area contributed by atoms with Gasteiger partial charge in [0.2, 0.25) is 0 Å². The van der Waals surface area contributed by atoms with Crippen molar-refractivity contribution in [3.05, 3.63) is 34.4 Å². The molecule has 0 atom stereocenters. The van der Waals surface area contributed by atoms with Gasteiger partial charge in [-0.2, -0.15) is 0 Å². The molecule has 0 fully saturated rings. The van der Waals surface area contributed by atoms with Crippen molar-refractivity contribution in [2.24, 2.45) is 0 Å². The maximum atomic E-state index is 12.9. The third-order valence-electron chi connectivity index (χ3n) is 1.40. The molecule has 0 saturated heterocycles. The summed E-state index contributed by atoms with van der Waals surface area (Å²) >= 11 is 9.17. The van der Waals surface area contributed by atoms with Crippen molar-refractivity contribution in [1.82, 2.24) is 0 Å². The van der Waals surface area contributed by atoms with Gasteiger partial charge in [0.05, 0.1) is 10.6 Å². The molecule has 0 radical (unpaired) electrons. The fourth-order valence-corrected chi connectivity index (χ4v) is 1.01. The van der Waals surface area contributed by atoms with Gasteiger partial charge in [0.15, 0.2) is 11.6 Å². The fraction of sp³-hybridized carbons (Fsp3) is 0.111. The molecule has 0 aromatic heterocycles. The zero-order valence-corrected chi connectivity index (χ0v) is 8.88. The van der Waals surface area contributed by atoms with Crippen molar-refractivity contribution in [2.75, 3.05) is 0 Å². The Balaban J connectivity index is 0.000000791. The highest BCUT2D eigenvalue weighted by molar-refractivity contribution is 7.77. The summed E-state index contributed by atoms with van der Waals surface area (Å²) in [7, 11) is 0. The molecule has 0 heterocycles. The summed E-state index contributed by atoms with van der Waals surface area (Å²) in [6, 6.07) is 2.03. The molecule has 0 aliphatic rings. The van der Waals surface area contributed by atoms with Gasteiger partial charge < -0.3 is 0 Å². The van der Waals surface area contributed by atoms with Crippen molar-refractivity contribution in [1.29, 1.82) is 0 Å². The second kappa shape index (κ2) is 5.78. The van der Waals surface area contributed by atoms with Crippen LogP contribution in [-0.4, -0.2) is 11.7 Å². The van der Waals surface area contributed by atoms with E-state index in [1.54, 1.807) is 0 Å². The number of hydrogen-bond donors (Lipinski definition) is 0. The molecule has 0 amide bonds. The van der Waals surface area contributed by atoms with E-state index in [4.69, 9.17) is 11.6 Å². The van der Waals surface area contributed by atoms with Gasteiger partial charge in [-0.05, 0) is 24.9 Å². The van der Waals surface area contributed by atoms with Crippen LogP contribution in [0.15, 0.2) is 12.1 Å². The van der Waals surface area contributed by atoms with Gasteiger partial charge in [-0.25, -0.2) is 8.78 Å². The number of carbonyl (C=O) groups is 1. The van der Waals surface area contributed by atoms with Gasteiger partial charge in [0.25, 0.3) is 0 Å².